The third-order valence-electron chi connectivity index (χ3n) is 5.78. The van der Waals surface area contributed by atoms with Gasteiger partial charge < -0.3 is 24.1 Å². The molecule has 9 heteroatoms. The van der Waals surface area contributed by atoms with Gasteiger partial charge in [0.2, 0.25) is 5.75 Å². The zero-order chi connectivity index (χ0) is 27.4. The highest BCUT2D eigenvalue weighted by Gasteiger charge is 2.23. The molecule has 0 aliphatic heterocycles. The number of ether oxygens (including phenoxy) is 4. The third-order valence-corrected chi connectivity index (χ3v) is 7.13. The summed E-state index contributed by atoms with van der Waals surface area (Å²) in [6.45, 7) is 6.02. The molecule has 0 bridgehead atoms. The molecule has 0 saturated carbocycles. The largest absolute Gasteiger partial charge is 0.503 e. The second-order valence-corrected chi connectivity index (χ2v) is 10.9. The second kappa shape index (κ2) is 11.0. The molecule has 8 nitrogen and oxygen atoms in total. The third kappa shape index (κ3) is 6.11. The van der Waals surface area contributed by atoms with Gasteiger partial charge in [0.05, 0.1) is 33.3 Å². The topological polar surface area (TPSA) is 103 Å². The first-order chi connectivity index (χ1) is 17.4. The monoisotopic (exact) mass is 527 g/mol. The molecule has 0 fully saturated rings. The van der Waals surface area contributed by atoms with Gasteiger partial charge in [-0.15, -0.1) is 0 Å². The van der Waals surface area contributed by atoms with Crippen molar-refractivity contribution in [2.45, 2.75) is 31.1 Å². The van der Waals surface area contributed by atoms with Gasteiger partial charge >= 0.3 is 0 Å². The van der Waals surface area contributed by atoms with Crippen molar-refractivity contribution in [1.29, 1.82) is 0 Å². The molecule has 0 heterocycles. The summed E-state index contributed by atoms with van der Waals surface area (Å²) < 4.78 is 50.7. The molecule has 3 rings (SSSR count). The van der Waals surface area contributed by atoms with Crippen LogP contribution in [0.25, 0.3) is 12.2 Å². The highest BCUT2D eigenvalue weighted by atomic mass is 32.2. The Bertz CT molecular complexity index is 1380. The van der Waals surface area contributed by atoms with Crippen LogP contribution < -0.4 is 23.7 Å². The maximum absolute atomic E-state index is 13.4. The summed E-state index contributed by atoms with van der Waals surface area (Å²) in [4.78, 5) is 0.0849. The van der Waals surface area contributed by atoms with Crippen LogP contribution in [0.5, 0.6) is 28.7 Å². The lowest BCUT2D eigenvalue weighted by molar-refractivity contribution is 0.324. The minimum absolute atomic E-state index is 0.01000. The van der Waals surface area contributed by atoms with Gasteiger partial charge in [0.1, 0.15) is 5.69 Å². The average Bonchev–Trinajstić information content (AvgIpc) is 2.87. The summed E-state index contributed by atoms with van der Waals surface area (Å²) >= 11 is 0. The number of rotatable bonds is 9. The number of nitrogens with one attached hydrogen (secondary N) is 1. The molecule has 0 saturated heterocycles. The van der Waals surface area contributed by atoms with Crippen LogP contribution in [0.1, 0.15) is 37.5 Å². The highest BCUT2D eigenvalue weighted by molar-refractivity contribution is 7.92. The molecule has 198 valence electrons. The summed E-state index contributed by atoms with van der Waals surface area (Å²) in [5, 5.41) is 10.9. The minimum Gasteiger partial charge on any atom is -0.503 e. The Balaban J connectivity index is 2.07. The summed E-state index contributed by atoms with van der Waals surface area (Å²) in [5.41, 5.74) is 1.74. The lowest BCUT2D eigenvalue weighted by atomic mass is 9.87. The van der Waals surface area contributed by atoms with Gasteiger partial charge in [0.25, 0.3) is 10.0 Å². The number of phenolic OH excluding ortho intramolecular Hbond substituents is 1. The maximum Gasteiger partial charge on any atom is 0.262 e. The molecule has 3 aromatic carbocycles. The van der Waals surface area contributed by atoms with Crippen molar-refractivity contribution in [3.05, 3.63) is 65.2 Å². The maximum atomic E-state index is 13.4. The number of hydrogen-bond donors (Lipinski definition) is 2. The van der Waals surface area contributed by atoms with E-state index in [1.165, 1.54) is 34.5 Å². The molecule has 37 heavy (non-hydrogen) atoms. The predicted octanol–water partition coefficient (Wildman–Crippen LogP) is 5.70. The molecule has 0 amide bonds. The number of hydrogen-bond acceptors (Lipinski definition) is 7. The zero-order valence-electron chi connectivity index (χ0n) is 22.1. The molecule has 0 atom stereocenters. The van der Waals surface area contributed by atoms with E-state index in [0.717, 1.165) is 5.56 Å². The van der Waals surface area contributed by atoms with Crippen molar-refractivity contribution in [2.75, 3.05) is 33.2 Å². The van der Waals surface area contributed by atoms with Crippen LogP contribution in [0.4, 0.5) is 5.69 Å². The quantitative estimate of drug-likeness (QED) is 0.272. The SMILES string of the molecule is COc1ccc(/C=C\c2cc(OC)c(OC)c(OC)c2)c(NS(=O)(=O)c2cccc(C(C)(C)C)c2)c1O. The van der Waals surface area contributed by atoms with E-state index < -0.39 is 10.0 Å². The van der Waals surface area contributed by atoms with Crippen LogP contribution in [0, 0.1) is 0 Å². The van der Waals surface area contributed by atoms with E-state index in [-0.39, 0.29) is 27.5 Å². The molecule has 3 aromatic rings. The molecule has 0 aliphatic rings. The number of phenols is 1. The van der Waals surface area contributed by atoms with Gasteiger partial charge in [0.15, 0.2) is 23.0 Å². The molecular formula is C28H33NO7S. The van der Waals surface area contributed by atoms with Crippen LogP contribution in [0.2, 0.25) is 0 Å². The van der Waals surface area contributed by atoms with Gasteiger partial charge in [-0.25, -0.2) is 8.42 Å². The Morgan fingerprint density at radius 1 is 0.811 bits per heavy atom. The normalized spacial score (nSPS) is 11.9. The molecule has 0 radical (unpaired) electrons. The Morgan fingerprint density at radius 3 is 1.97 bits per heavy atom. The molecular weight excluding hydrogens is 494 g/mol. The van der Waals surface area contributed by atoms with E-state index in [4.69, 9.17) is 18.9 Å². The smallest absolute Gasteiger partial charge is 0.262 e. The van der Waals surface area contributed by atoms with Crippen molar-refractivity contribution < 1.29 is 32.5 Å². The molecule has 0 spiro atoms. The van der Waals surface area contributed by atoms with E-state index in [9.17, 15) is 13.5 Å². The first-order valence-electron chi connectivity index (χ1n) is 11.5. The first kappa shape index (κ1) is 27.7. The molecule has 0 unspecified atom stereocenters. The van der Waals surface area contributed by atoms with Crippen molar-refractivity contribution in [2.24, 2.45) is 0 Å². The Kier molecular flexibility index (Phi) is 8.28. The van der Waals surface area contributed by atoms with Crippen LogP contribution in [-0.4, -0.2) is 42.0 Å². The van der Waals surface area contributed by atoms with Gasteiger partial charge in [-0.1, -0.05) is 45.1 Å². The van der Waals surface area contributed by atoms with Gasteiger partial charge in [-0.2, -0.15) is 0 Å². The fourth-order valence-corrected chi connectivity index (χ4v) is 4.85. The molecule has 0 aliphatic carbocycles. The van der Waals surface area contributed by atoms with Gasteiger partial charge in [-0.3, -0.25) is 4.72 Å². The van der Waals surface area contributed by atoms with Gasteiger partial charge in [0, 0.05) is 5.56 Å². The van der Waals surface area contributed by atoms with E-state index >= 15 is 0 Å². The first-order valence-corrected chi connectivity index (χ1v) is 12.9. The van der Waals surface area contributed by atoms with Gasteiger partial charge in [-0.05, 0) is 52.9 Å². The lowest BCUT2D eigenvalue weighted by Crippen LogP contribution is -2.16. The summed E-state index contributed by atoms with van der Waals surface area (Å²) in [6.07, 6.45) is 3.41. The fourth-order valence-electron chi connectivity index (χ4n) is 3.71. The Morgan fingerprint density at radius 2 is 1.43 bits per heavy atom. The van der Waals surface area contributed by atoms with Crippen molar-refractivity contribution in [3.8, 4) is 28.7 Å². The fraction of sp³-hybridized carbons (Fsp3) is 0.286. The predicted molar refractivity (Wildman–Crippen MR) is 146 cm³/mol. The Labute approximate surface area is 218 Å². The van der Waals surface area contributed by atoms with Crippen molar-refractivity contribution in [1.82, 2.24) is 0 Å². The van der Waals surface area contributed by atoms with E-state index in [1.54, 1.807) is 48.6 Å². The van der Waals surface area contributed by atoms with Crippen LogP contribution >= 0.6 is 0 Å². The Hall–Kier alpha value is -3.85. The lowest BCUT2D eigenvalue weighted by Gasteiger charge is -2.20. The van der Waals surface area contributed by atoms with Crippen LogP contribution in [0.3, 0.4) is 0 Å². The van der Waals surface area contributed by atoms with Crippen molar-refractivity contribution >= 4 is 27.9 Å². The number of aromatic hydroxyl groups is 1. The zero-order valence-corrected chi connectivity index (χ0v) is 22.9. The van der Waals surface area contributed by atoms with E-state index in [2.05, 4.69) is 4.72 Å². The number of methoxy groups -OCH3 is 4. The summed E-state index contributed by atoms with van der Waals surface area (Å²) in [5.74, 6) is 1.20. The van der Waals surface area contributed by atoms with Crippen LogP contribution in [0.15, 0.2) is 53.4 Å². The minimum atomic E-state index is -4.04. The van der Waals surface area contributed by atoms with E-state index in [0.29, 0.717) is 28.4 Å². The average molecular weight is 528 g/mol. The summed E-state index contributed by atoms with van der Waals surface area (Å²) in [6, 6.07) is 13.4. The molecule has 0 aromatic heterocycles. The number of anilines is 1. The van der Waals surface area contributed by atoms with Crippen LogP contribution in [-0.2, 0) is 15.4 Å². The number of benzene rings is 3. The summed E-state index contributed by atoms with van der Waals surface area (Å²) in [7, 11) is 1.92. The molecule has 2 N–H and O–H groups in total. The second-order valence-electron chi connectivity index (χ2n) is 9.26. The standard InChI is InChI=1S/C28H33NO7S/c1-28(2,3)20-9-8-10-21(17-20)37(31,32)29-25-19(13-14-22(33-4)26(25)30)12-11-18-15-23(34-5)27(36-7)24(16-18)35-6/h8-17,29-30H,1-7H3/b12-11-. The highest BCUT2D eigenvalue weighted by Crippen LogP contribution is 2.41. The number of sulfonamides is 1. The van der Waals surface area contributed by atoms with E-state index in [1.807, 2.05) is 26.8 Å². The van der Waals surface area contributed by atoms with Crippen molar-refractivity contribution in [3.63, 3.8) is 0 Å².